The summed E-state index contributed by atoms with van der Waals surface area (Å²) in [5, 5.41) is 2.63. The fourth-order valence-corrected chi connectivity index (χ4v) is 2.50. The molecule has 0 aliphatic carbocycles. The number of imidazole rings is 1. The molecule has 1 aliphatic rings. The molecule has 0 bridgehead atoms. The van der Waals surface area contributed by atoms with Gasteiger partial charge in [0.05, 0.1) is 6.54 Å². The van der Waals surface area contributed by atoms with Crippen molar-refractivity contribution in [1.29, 1.82) is 0 Å². The lowest BCUT2D eigenvalue weighted by atomic mass is 10.1. The van der Waals surface area contributed by atoms with E-state index in [-0.39, 0.29) is 11.8 Å². The second-order valence-corrected chi connectivity index (χ2v) is 5.03. The van der Waals surface area contributed by atoms with Crippen molar-refractivity contribution in [2.45, 2.75) is 19.5 Å². The van der Waals surface area contributed by atoms with Crippen LogP contribution >= 0.6 is 0 Å². The van der Waals surface area contributed by atoms with Gasteiger partial charge in [-0.2, -0.15) is 0 Å². The molecule has 1 N–H and O–H groups in total. The van der Waals surface area contributed by atoms with Gasteiger partial charge in [0.15, 0.2) is 0 Å². The van der Waals surface area contributed by atoms with E-state index >= 15 is 0 Å². The Bertz CT molecular complexity index is 499. The zero-order valence-electron chi connectivity index (χ0n) is 12.2. The quantitative estimate of drug-likeness (QED) is 0.786. The van der Waals surface area contributed by atoms with E-state index in [1.807, 2.05) is 17.8 Å². The number of amides is 2. The summed E-state index contributed by atoms with van der Waals surface area (Å²) in [7, 11) is 3.54. The van der Waals surface area contributed by atoms with Crippen molar-refractivity contribution in [3.63, 3.8) is 0 Å². The summed E-state index contributed by atoms with van der Waals surface area (Å²) < 4.78 is 1.96. The minimum Gasteiger partial charge on any atom is -0.357 e. The maximum Gasteiger partial charge on any atom is 0.243 e. The Morgan fingerprint density at radius 1 is 1.45 bits per heavy atom. The molecule has 1 aromatic rings. The molecule has 1 saturated heterocycles. The Morgan fingerprint density at radius 2 is 2.20 bits per heavy atom. The average Bonchev–Trinajstić information content (AvgIpc) is 2.83. The molecule has 7 heteroatoms. The fourth-order valence-electron chi connectivity index (χ4n) is 2.50. The molecule has 7 nitrogen and oxygen atoms in total. The van der Waals surface area contributed by atoms with Gasteiger partial charge in [0.25, 0.3) is 0 Å². The third kappa shape index (κ3) is 2.98. The Morgan fingerprint density at radius 3 is 2.75 bits per heavy atom. The first-order chi connectivity index (χ1) is 9.52. The number of rotatable bonds is 3. The number of aryl methyl sites for hydroxylation is 1. The van der Waals surface area contributed by atoms with Crippen LogP contribution in [-0.4, -0.2) is 63.9 Å². The van der Waals surface area contributed by atoms with Crippen LogP contribution in [0.15, 0.2) is 12.4 Å². The van der Waals surface area contributed by atoms with Crippen LogP contribution in [0.2, 0.25) is 0 Å². The zero-order chi connectivity index (χ0) is 14.7. The molecule has 20 heavy (non-hydrogen) atoms. The van der Waals surface area contributed by atoms with Crippen molar-refractivity contribution < 1.29 is 9.59 Å². The highest BCUT2D eigenvalue weighted by molar-refractivity contribution is 5.87. The second-order valence-electron chi connectivity index (χ2n) is 5.03. The topological polar surface area (TPSA) is 70.5 Å². The standard InChI is InChI=1S/C13H21N5O2/c1-10(19)18-7-6-17(8-11(18)13(20)14-2)9-12-15-4-5-16(12)3/h4-5,11H,6-9H2,1-3H3,(H,14,20)/t11-/m1/s1. The highest BCUT2D eigenvalue weighted by Crippen LogP contribution is 2.13. The maximum absolute atomic E-state index is 11.9. The summed E-state index contributed by atoms with van der Waals surface area (Å²) in [4.78, 5) is 31.6. The summed E-state index contributed by atoms with van der Waals surface area (Å²) in [5.74, 6) is 0.775. The molecule has 1 atom stereocenters. The van der Waals surface area contributed by atoms with E-state index in [0.29, 0.717) is 19.6 Å². The first kappa shape index (κ1) is 14.5. The Labute approximate surface area is 118 Å². The highest BCUT2D eigenvalue weighted by Gasteiger charge is 2.33. The molecule has 1 aromatic heterocycles. The predicted molar refractivity (Wildman–Crippen MR) is 73.7 cm³/mol. The van der Waals surface area contributed by atoms with Gasteiger partial charge in [-0.3, -0.25) is 14.5 Å². The number of carbonyl (C=O) groups is 2. The Balaban J connectivity index is 2.06. The number of aromatic nitrogens is 2. The normalized spacial score (nSPS) is 19.9. The minimum atomic E-state index is -0.425. The molecule has 0 spiro atoms. The SMILES string of the molecule is CNC(=O)[C@H]1CN(Cc2nccn2C)CCN1C(C)=O. The molecule has 2 heterocycles. The molecule has 2 rings (SSSR count). The van der Waals surface area contributed by atoms with Crippen LogP contribution in [0.25, 0.3) is 0 Å². The van der Waals surface area contributed by atoms with Crippen molar-refractivity contribution in [2.75, 3.05) is 26.7 Å². The lowest BCUT2D eigenvalue weighted by Crippen LogP contribution is -2.59. The number of carbonyl (C=O) groups excluding carboxylic acids is 2. The maximum atomic E-state index is 11.9. The molecular weight excluding hydrogens is 258 g/mol. The van der Waals surface area contributed by atoms with E-state index in [4.69, 9.17) is 0 Å². The predicted octanol–water partition coefficient (Wildman–Crippen LogP) is -0.801. The van der Waals surface area contributed by atoms with Crippen molar-refractivity contribution >= 4 is 11.8 Å². The molecular formula is C13H21N5O2. The van der Waals surface area contributed by atoms with Gasteiger partial charge in [-0.05, 0) is 0 Å². The second kappa shape index (κ2) is 6.04. The molecule has 0 unspecified atom stereocenters. The number of nitrogens with one attached hydrogen (secondary N) is 1. The summed E-state index contributed by atoms with van der Waals surface area (Å²) >= 11 is 0. The first-order valence-corrected chi connectivity index (χ1v) is 6.70. The van der Waals surface area contributed by atoms with E-state index < -0.39 is 6.04 Å². The monoisotopic (exact) mass is 279 g/mol. The van der Waals surface area contributed by atoms with Crippen molar-refractivity contribution in [3.8, 4) is 0 Å². The smallest absolute Gasteiger partial charge is 0.243 e. The van der Waals surface area contributed by atoms with Gasteiger partial charge in [-0.1, -0.05) is 0 Å². The lowest BCUT2D eigenvalue weighted by Gasteiger charge is -2.39. The van der Waals surface area contributed by atoms with Crippen molar-refractivity contribution in [3.05, 3.63) is 18.2 Å². The van der Waals surface area contributed by atoms with Crippen LogP contribution in [0.1, 0.15) is 12.7 Å². The van der Waals surface area contributed by atoms with E-state index in [9.17, 15) is 9.59 Å². The summed E-state index contributed by atoms with van der Waals surface area (Å²) in [5.41, 5.74) is 0. The van der Waals surface area contributed by atoms with E-state index in [0.717, 1.165) is 12.4 Å². The van der Waals surface area contributed by atoms with Gasteiger partial charge >= 0.3 is 0 Å². The van der Waals surface area contributed by atoms with Crippen LogP contribution in [0, 0.1) is 0 Å². The van der Waals surface area contributed by atoms with E-state index in [1.165, 1.54) is 6.92 Å². The zero-order valence-corrected chi connectivity index (χ0v) is 12.2. The molecule has 0 saturated carbocycles. The van der Waals surface area contributed by atoms with Gasteiger partial charge in [0, 0.05) is 53.0 Å². The van der Waals surface area contributed by atoms with Crippen LogP contribution in [-0.2, 0) is 23.2 Å². The molecule has 0 radical (unpaired) electrons. The number of likely N-dealkylation sites (N-methyl/N-ethyl adjacent to an activating group) is 1. The number of hydrogen-bond donors (Lipinski definition) is 1. The highest BCUT2D eigenvalue weighted by atomic mass is 16.2. The summed E-state index contributed by atoms with van der Waals surface area (Å²) in [6, 6.07) is -0.425. The molecule has 2 amide bonds. The lowest BCUT2D eigenvalue weighted by molar-refractivity contribution is -0.142. The van der Waals surface area contributed by atoms with Crippen molar-refractivity contribution in [1.82, 2.24) is 24.7 Å². The molecule has 1 fully saturated rings. The van der Waals surface area contributed by atoms with Crippen LogP contribution in [0.5, 0.6) is 0 Å². The number of hydrogen-bond acceptors (Lipinski definition) is 4. The van der Waals surface area contributed by atoms with Gasteiger partial charge < -0.3 is 14.8 Å². The third-order valence-corrected chi connectivity index (χ3v) is 3.70. The summed E-state index contributed by atoms with van der Waals surface area (Å²) in [6.07, 6.45) is 3.66. The Hall–Kier alpha value is -1.89. The van der Waals surface area contributed by atoms with Gasteiger partial charge in [-0.15, -0.1) is 0 Å². The Kier molecular flexibility index (Phi) is 4.39. The summed E-state index contributed by atoms with van der Waals surface area (Å²) in [6.45, 7) is 4.04. The van der Waals surface area contributed by atoms with E-state index in [1.54, 1.807) is 18.1 Å². The molecule has 0 aromatic carbocycles. The van der Waals surface area contributed by atoms with Gasteiger partial charge in [0.1, 0.15) is 11.9 Å². The minimum absolute atomic E-state index is 0.0600. The molecule has 1 aliphatic heterocycles. The first-order valence-electron chi connectivity index (χ1n) is 6.70. The van der Waals surface area contributed by atoms with Gasteiger partial charge in [0.2, 0.25) is 11.8 Å². The number of piperazine rings is 1. The molecule has 110 valence electrons. The fraction of sp³-hybridized carbons (Fsp3) is 0.615. The van der Waals surface area contributed by atoms with Crippen LogP contribution in [0.3, 0.4) is 0 Å². The largest absolute Gasteiger partial charge is 0.357 e. The third-order valence-electron chi connectivity index (χ3n) is 3.70. The number of nitrogens with zero attached hydrogens (tertiary/aromatic N) is 4. The van der Waals surface area contributed by atoms with Crippen LogP contribution in [0.4, 0.5) is 0 Å². The average molecular weight is 279 g/mol. The van der Waals surface area contributed by atoms with Crippen molar-refractivity contribution in [2.24, 2.45) is 7.05 Å². The van der Waals surface area contributed by atoms with Crippen LogP contribution < -0.4 is 5.32 Å². The van der Waals surface area contributed by atoms with Gasteiger partial charge in [-0.25, -0.2) is 4.98 Å². The van der Waals surface area contributed by atoms with E-state index in [2.05, 4.69) is 15.2 Å².